The predicted molar refractivity (Wildman–Crippen MR) is 103 cm³/mol. The van der Waals surface area contributed by atoms with Gasteiger partial charge < -0.3 is 4.74 Å². The molecule has 5 rings (SSSR count). The van der Waals surface area contributed by atoms with Gasteiger partial charge in [0.15, 0.2) is 11.6 Å². The number of Topliss-reactive ketones (excluding diaryl/α,β-unsaturated/α-hetero) is 1. The number of allylic oxidation sites excluding steroid dienone is 4. The van der Waals surface area contributed by atoms with Crippen LogP contribution >= 0.6 is 0 Å². The zero-order valence-electron chi connectivity index (χ0n) is 14.8. The van der Waals surface area contributed by atoms with E-state index in [1.165, 1.54) is 13.2 Å². The highest BCUT2D eigenvalue weighted by atomic mass is 32.2. The van der Waals surface area contributed by atoms with Gasteiger partial charge in [0.05, 0.1) is 27.7 Å². The molecule has 4 nitrogen and oxygen atoms in total. The summed E-state index contributed by atoms with van der Waals surface area (Å²) in [4.78, 5) is 26.5. The van der Waals surface area contributed by atoms with Crippen LogP contribution in [0.1, 0.15) is 6.42 Å². The normalized spacial score (nSPS) is 29.7. The minimum Gasteiger partial charge on any atom is -0.495 e. The van der Waals surface area contributed by atoms with E-state index in [1.54, 1.807) is 6.07 Å². The van der Waals surface area contributed by atoms with E-state index < -0.39 is 10.8 Å². The Bertz CT molecular complexity index is 1080. The number of fused-ring (bicyclic) bond motifs is 6. The van der Waals surface area contributed by atoms with Crippen LogP contribution in [0.5, 0.6) is 5.75 Å². The maximum Gasteiger partial charge on any atom is 0.176 e. The van der Waals surface area contributed by atoms with Crippen molar-refractivity contribution in [3.8, 4) is 5.75 Å². The summed E-state index contributed by atoms with van der Waals surface area (Å²) in [7, 11) is -0.259. The molecule has 2 aromatic carbocycles. The molecule has 0 radical (unpaired) electrons. The first-order valence-corrected chi connectivity index (χ1v) is 10.2. The molecule has 1 saturated carbocycles. The summed E-state index contributed by atoms with van der Waals surface area (Å²) in [6.45, 7) is 0. The van der Waals surface area contributed by atoms with Crippen molar-refractivity contribution < 1.29 is 18.5 Å². The van der Waals surface area contributed by atoms with Gasteiger partial charge in [-0.2, -0.15) is 0 Å². The summed E-state index contributed by atoms with van der Waals surface area (Å²) in [6.07, 6.45) is 6.27. The predicted octanol–water partition coefficient (Wildman–Crippen LogP) is 3.43. The Morgan fingerprint density at radius 3 is 2.52 bits per heavy atom. The van der Waals surface area contributed by atoms with Crippen LogP contribution in [0.25, 0.3) is 10.8 Å². The Labute approximate surface area is 159 Å². The van der Waals surface area contributed by atoms with Gasteiger partial charge in [-0.25, -0.2) is 4.21 Å². The lowest BCUT2D eigenvalue weighted by atomic mass is 9.75. The monoisotopic (exact) mass is 378 g/mol. The third-order valence-electron chi connectivity index (χ3n) is 6.06. The number of ether oxygens (including phenoxy) is 1. The summed E-state index contributed by atoms with van der Waals surface area (Å²) >= 11 is 0. The molecular formula is C22H18O4S. The van der Waals surface area contributed by atoms with Crippen LogP contribution in [0.2, 0.25) is 0 Å². The summed E-state index contributed by atoms with van der Waals surface area (Å²) in [6, 6.07) is 11.2. The SMILES string of the molecule is COc1ccc2ccccc2c1[S@](=O)C1=CC(=O)[C@@H]2[C@H](C1=O)[C@@H]1C=C[C@H]2C1. The average molecular weight is 378 g/mol. The van der Waals surface area contributed by atoms with E-state index in [-0.39, 0.29) is 40.1 Å². The van der Waals surface area contributed by atoms with Crippen LogP contribution in [0, 0.1) is 23.7 Å². The molecule has 0 aromatic heterocycles. The van der Waals surface area contributed by atoms with Crippen molar-refractivity contribution >= 4 is 33.1 Å². The van der Waals surface area contributed by atoms with E-state index in [4.69, 9.17) is 4.74 Å². The van der Waals surface area contributed by atoms with E-state index in [0.717, 1.165) is 17.2 Å². The first-order valence-electron chi connectivity index (χ1n) is 9.05. The molecule has 1 fully saturated rings. The third kappa shape index (κ3) is 2.31. The standard InChI is InChI=1S/C22H18O4S/c1-26-17-9-8-12-4-2-3-5-15(12)22(17)27(25)18-11-16(23)19-13-6-7-14(10-13)20(19)21(18)24/h2-9,11,13-14,19-20H,10H2,1H3/t13-,14+,19+,20+,27+/m0/s1. The van der Waals surface area contributed by atoms with Crippen molar-refractivity contribution in [2.75, 3.05) is 7.11 Å². The fourth-order valence-corrected chi connectivity index (χ4v) is 6.34. The molecule has 3 aliphatic rings. The van der Waals surface area contributed by atoms with Crippen LogP contribution in [-0.4, -0.2) is 22.9 Å². The number of hydrogen-bond donors (Lipinski definition) is 0. The second-order valence-corrected chi connectivity index (χ2v) is 8.75. The summed E-state index contributed by atoms with van der Waals surface area (Å²) in [5.41, 5.74) is 0. The maximum absolute atomic E-state index is 13.5. The number of rotatable bonds is 3. The maximum atomic E-state index is 13.5. The van der Waals surface area contributed by atoms with Crippen molar-refractivity contribution in [3.05, 3.63) is 59.5 Å². The molecule has 0 aliphatic heterocycles. The number of hydrogen-bond acceptors (Lipinski definition) is 4. The Morgan fingerprint density at radius 2 is 1.74 bits per heavy atom. The van der Waals surface area contributed by atoms with Crippen LogP contribution in [0.3, 0.4) is 0 Å². The summed E-state index contributed by atoms with van der Waals surface area (Å²) < 4.78 is 19.0. The lowest BCUT2D eigenvalue weighted by Gasteiger charge is -2.29. The number of methoxy groups -OCH3 is 1. The lowest BCUT2D eigenvalue weighted by Crippen LogP contribution is -2.38. The second-order valence-electron chi connectivity index (χ2n) is 7.36. The van der Waals surface area contributed by atoms with Gasteiger partial charge in [-0.05, 0) is 29.7 Å². The van der Waals surface area contributed by atoms with Crippen LogP contribution in [-0.2, 0) is 20.4 Å². The minimum atomic E-state index is -1.78. The molecule has 2 aromatic rings. The molecule has 136 valence electrons. The molecule has 5 atom stereocenters. The lowest BCUT2D eigenvalue weighted by molar-refractivity contribution is -0.129. The summed E-state index contributed by atoms with van der Waals surface area (Å²) in [5, 5.41) is 1.68. The average Bonchev–Trinajstić information content (AvgIpc) is 3.31. The van der Waals surface area contributed by atoms with Gasteiger partial charge in [-0.3, -0.25) is 9.59 Å². The molecule has 0 saturated heterocycles. The van der Waals surface area contributed by atoms with Crippen molar-refractivity contribution in [1.82, 2.24) is 0 Å². The number of carbonyl (C=O) groups excluding carboxylic acids is 2. The van der Waals surface area contributed by atoms with Gasteiger partial charge in [0.1, 0.15) is 5.75 Å². The van der Waals surface area contributed by atoms with Crippen LogP contribution in [0.15, 0.2) is 64.4 Å². The van der Waals surface area contributed by atoms with E-state index in [2.05, 4.69) is 6.08 Å². The molecule has 3 aliphatic carbocycles. The van der Waals surface area contributed by atoms with E-state index >= 15 is 0 Å². The number of carbonyl (C=O) groups is 2. The van der Waals surface area contributed by atoms with Crippen LogP contribution < -0.4 is 4.74 Å². The number of ketones is 2. The molecule has 0 spiro atoms. The fraction of sp³-hybridized carbons (Fsp3) is 0.273. The quantitative estimate of drug-likeness (QED) is 0.768. The van der Waals surface area contributed by atoms with Gasteiger partial charge in [0.25, 0.3) is 0 Å². The van der Waals surface area contributed by atoms with Crippen molar-refractivity contribution in [2.24, 2.45) is 23.7 Å². The van der Waals surface area contributed by atoms with E-state index in [0.29, 0.717) is 10.6 Å². The highest BCUT2D eigenvalue weighted by molar-refractivity contribution is 7.90. The molecule has 27 heavy (non-hydrogen) atoms. The van der Waals surface area contributed by atoms with Gasteiger partial charge in [-0.1, -0.05) is 42.5 Å². The summed E-state index contributed by atoms with van der Waals surface area (Å²) in [5.74, 6) is -0.159. The molecule has 5 heteroatoms. The molecule has 0 unspecified atom stereocenters. The first kappa shape index (κ1) is 16.6. The first-order chi connectivity index (χ1) is 13.1. The van der Waals surface area contributed by atoms with E-state index in [9.17, 15) is 13.8 Å². The Balaban J connectivity index is 1.64. The molecule has 2 bridgehead atoms. The zero-order chi connectivity index (χ0) is 18.7. The Hall–Kier alpha value is -2.53. The molecule has 0 heterocycles. The molecule has 0 N–H and O–H groups in total. The molecule has 0 amide bonds. The minimum absolute atomic E-state index is 0.0704. The number of benzene rings is 2. The zero-order valence-corrected chi connectivity index (χ0v) is 15.6. The second kappa shape index (κ2) is 5.99. The van der Waals surface area contributed by atoms with Crippen molar-refractivity contribution in [3.63, 3.8) is 0 Å². The topological polar surface area (TPSA) is 60.4 Å². The highest BCUT2D eigenvalue weighted by Gasteiger charge is 2.54. The van der Waals surface area contributed by atoms with Crippen molar-refractivity contribution in [2.45, 2.75) is 11.3 Å². The van der Waals surface area contributed by atoms with Gasteiger partial charge >= 0.3 is 0 Å². The largest absolute Gasteiger partial charge is 0.495 e. The smallest absolute Gasteiger partial charge is 0.176 e. The highest BCUT2D eigenvalue weighted by Crippen LogP contribution is 2.52. The van der Waals surface area contributed by atoms with Gasteiger partial charge in [0.2, 0.25) is 0 Å². The fourth-order valence-electron chi connectivity index (χ4n) is 4.86. The van der Waals surface area contributed by atoms with Crippen molar-refractivity contribution in [1.29, 1.82) is 0 Å². The van der Waals surface area contributed by atoms with Gasteiger partial charge in [-0.15, -0.1) is 0 Å². The van der Waals surface area contributed by atoms with E-state index in [1.807, 2.05) is 36.4 Å². The molecular weight excluding hydrogens is 360 g/mol. The Kier molecular flexibility index (Phi) is 3.69. The Morgan fingerprint density at radius 1 is 1.00 bits per heavy atom. The van der Waals surface area contributed by atoms with Gasteiger partial charge in [0, 0.05) is 23.3 Å². The van der Waals surface area contributed by atoms with Crippen LogP contribution in [0.4, 0.5) is 0 Å². The third-order valence-corrected chi connectivity index (χ3v) is 7.57.